The largest absolute Gasteiger partial charge is 0.263 e. The smallest absolute Gasteiger partial charge is 0.0635 e. The molecule has 0 amide bonds. The summed E-state index contributed by atoms with van der Waals surface area (Å²) in [6, 6.07) is 0. The lowest BCUT2D eigenvalue weighted by Gasteiger charge is -2.22. The fraction of sp³-hybridized carbons (Fsp3) is 0.700. The predicted octanol–water partition coefficient (Wildman–Crippen LogP) is 3.28. The maximum absolute atomic E-state index is 4.42. The highest BCUT2D eigenvalue weighted by molar-refractivity contribution is 9.10. The second kappa shape index (κ2) is 2.84. The molecule has 0 saturated heterocycles. The van der Waals surface area contributed by atoms with Gasteiger partial charge in [0.1, 0.15) is 0 Å². The van der Waals surface area contributed by atoms with Gasteiger partial charge in [-0.15, -0.1) is 0 Å². The highest BCUT2D eigenvalue weighted by Crippen LogP contribution is 2.44. The zero-order valence-electron chi connectivity index (χ0n) is 8.34. The highest BCUT2D eigenvalue weighted by Gasteiger charge is 2.32. The van der Waals surface area contributed by atoms with Crippen LogP contribution in [-0.4, -0.2) is 9.78 Å². The Morgan fingerprint density at radius 3 is 2.54 bits per heavy atom. The van der Waals surface area contributed by atoms with Crippen LogP contribution in [0.2, 0.25) is 0 Å². The maximum Gasteiger partial charge on any atom is 0.0635 e. The van der Waals surface area contributed by atoms with E-state index in [1.54, 1.807) is 0 Å². The molecule has 0 spiro atoms. The van der Waals surface area contributed by atoms with E-state index in [4.69, 9.17) is 0 Å². The molecule has 1 aliphatic carbocycles. The van der Waals surface area contributed by atoms with Crippen molar-refractivity contribution in [1.29, 1.82) is 0 Å². The topological polar surface area (TPSA) is 17.8 Å². The molecule has 2 rings (SSSR count). The number of halogens is 1. The van der Waals surface area contributed by atoms with Crippen LogP contribution in [0.5, 0.6) is 0 Å². The Hall–Kier alpha value is -0.310. The highest BCUT2D eigenvalue weighted by atomic mass is 79.9. The minimum atomic E-state index is 0.101. The van der Waals surface area contributed by atoms with E-state index in [-0.39, 0.29) is 5.54 Å². The summed E-state index contributed by atoms with van der Waals surface area (Å²) in [6.45, 7) is 6.58. The standard InChI is InChI=1S/C10H15BrN2/c1-10(2,3)13-9(7-4-5-7)8(11)6-12-13/h6-7H,4-5H2,1-3H3. The third kappa shape index (κ3) is 1.66. The van der Waals surface area contributed by atoms with E-state index in [0.717, 1.165) is 5.92 Å². The fourth-order valence-electron chi connectivity index (χ4n) is 1.60. The van der Waals surface area contributed by atoms with Gasteiger partial charge in [-0.05, 0) is 49.5 Å². The van der Waals surface area contributed by atoms with Gasteiger partial charge in [0.2, 0.25) is 0 Å². The van der Waals surface area contributed by atoms with Crippen LogP contribution < -0.4 is 0 Å². The molecule has 1 aromatic heterocycles. The third-order valence-corrected chi connectivity index (χ3v) is 2.97. The van der Waals surface area contributed by atoms with E-state index in [1.807, 2.05) is 6.20 Å². The maximum atomic E-state index is 4.42. The SMILES string of the molecule is CC(C)(C)n1ncc(Br)c1C1CC1. The monoisotopic (exact) mass is 242 g/mol. The molecule has 0 N–H and O–H groups in total. The van der Waals surface area contributed by atoms with Crippen LogP contribution in [0.15, 0.2) is 10.7 Å². The molecule has 1 fully saturated rings. The number of aromatic nitrogens is 2. The van der Waals surface area contributed by atoms with Crippen LogP contribution in [0.3, 0.4) is 0 Å². The minimum Gasteiger partial charge on any atom is -0.263 e. The van der Waals surface area contributed by atoms with Gasteiger partial charge in [-0.3, -0.25) is 4.68 Å². The molecule has 0 atom stereocenters. The first-order valence-electron chi connectivity index (χ1n) is 4.74. The molecule has 3 heteroatoms. The van der Waals surface area contributed by atoms with Gasteiger partial charge in [0.15, 0.2) is 0 Å². The Morgan fingerprint density at radius 1 is 1.46 bits per heavy atom. The predicted molar refractivity (Wildman–Crippen MR) is 56.9 cm³/mol. The van der Waals surface area contributed by atoms with Crippen LogP contribution in [0.25, 0.3) is 0 Å². The lowest BCUT2D eigenvalue weighted by molar-refractivity contribution is 0.343. The van der Waals surface area contributed by atoms with Gasteiger partial charge in [-0.2, -0.15) is 5.10 Å². The van der Waals surface area contributed by atoms with Crippen LogP contribution in [-0.2, 0) is 5.54 Å². The summed E-state index contributed by atoms with van der Waals surface area (Å²) in [5.41, 5.74) is 1.48. The second-order valence-electron chi connectivity index (χ2n) is 4.73. The Bertz CT molecular complexity index is 318. The number of hydrogen-bond acceptors (Lipinski definition) is 1. The fourth-order valence-corrected chi connectivity index (χ4v) is 2.18. The van der Waals surface area contributed by atoms with Crippen molar-refractivity contribution in [2.45, 2.75) is 45.1 Å². The molecule has 0 unspecified atom stereocenters. The Balaban J connectivity index is 2.45. The van der Waals surface area contributed by atoms with Crippen LogP contribution in [0, 0.1) is 0 Å². The molecule has 0 radical (unpaired) electrons. The number of hydrogen-bond donors (Lipinski definition) is 0. The summed E-state index contributed by atoms with van der Waals surface area (Å²) >= 11 is 3.57. The first-order valence-corrected chi connectivity index (χ1v) is 5.53. The van der Waals surface area contributed by atoms with Crippen molar-refractivity contribution < 1.29 is 0 Å². The molecule has 1 saturated carbocycles. The zero-order valence-corrected chi connectivity index (χ0v) is 9.93. The lowest BCUT2D eigenvalue weighted by atomic mass is 10.1. The first kappa shape index (κ1) is 9.25. The summed E-state index contributed by atoms with van der Waals surface area (Å²) in [5, 5.41) is 4.42. The molecule has 1 heterocycles. The average Bonchev–Trinajstić information content (AvgIpc) is 2.73. The molecule has 0 bridgehead atoms. The van der Waals surface area contributed by atoms with E-state index >= 15 is 0 Å². The molecule has 1 aromatic rings. The Morgan fingerprint density at radius 2 is 2.08 bits per heavy atom. The molecular weight excluding hydrogens is 228 g/mol. The second-order valence-corrected chi connectivity index (χ2v) is 5.59. The van der Waals surface area contributed by atoms with Crippen molar-refractivity contribution in [2.24, 2.45) is 0 Å². The van der Waals surface area contributed by atoms with Crippen molar-refractivity contribution in [1.82, 2.24) is 9.78 Å². The van der Waals surface area contributed by atoms with Crippen LogP contribution in [0.4, 0.5) is 0 Å². The van der Waals surface area contributed by atoms with Gasteiger partial charge in [-0.1, -0.05) is 0 Å². The molecule has 2 nitrogen and oxygen atoms in total. The quantitative estimate of drug-likeness (QED) is 0.740. The summed E-state index contributed by atoms with van der Waals surface area (Å²) in [5.74, 6) is 0.746. The lowest BCUT2D eigenvalue weighted by Crippen LogP contribution is -2.25. The number of rotatable bonds is 1. The number of nitrogens with zero attached hydrogens (tertiary/aromatic N) is 2. The van der Waals surface area contributed by atoms with Gasteiger partial charge < -0.3 is 0 Å². The van der Waals surface area contributed by atoms with Crippen molar-refractivity contribution >= 4 is 15.9 Å². The Kier molecular flexibility index (Phi) is 2.02. The molecule has 13 heavy (non-hydrogen) atoms. The third-order valence-electron chi connectivity index (χ3n) is 2.36. The minimum absolute atomic E-state index is 0.101. The van der Waals surface area contributed by atoms with Crippen molar-refractivity contribution in [3.05, 3.63) is 16.4 Å². The molecule has 0 aromatic carbocycles. The summed E-state index contributed by atoms with van der Waals surface area (Å²) < 4.78 is 3.32. The van der Waals surface area contributed by atoms with E-state index in [0.29, 0.717) is 0 Å². The summed E-state index contributed by atoms with van der Waals surface area (Å²) in [6.07, 6.45) is 4.56. The Labute approximate surface area is 87.5 Å². The summed E-state index contributed by atoms with van der Waals surface area (Å²) in [7, 11) is 0. The van der Waals surface area contributed by atoms with Crippen molar-refractivity contribution in [3.63, 3.8) is 0 Å². The van der Waals surface area contributed by atoms with Crippen LogP contribution >= 0.6 is 15.9 Å². The van der Waals surface area contributed by atoms with Gasteiger partial charge in [-0.25, -0.2) is 0 Å². The molecule has 72 valence electrons. The summed E-state index contributed by atoms with van der Waals surface area (Å²) in [4.78, 5) is 0. The van der Waals surface area contributed by atoms with Crippen molar-refractivity contribution in [2.75, 3.05) is 0 Å². The van der Waals surface area contributed by atoms with Gasteiger partial charge in [0.05, 0.1) is 21.9 Å². The van der Waals surface area contributed by atoms with Gasteiger partial charge in [0.25, 0.3) is 0 Å². The normalized spacial score (nSPS) is 17.8. The molecule has 1 aliphatic rings. The van der Waals surface area contributed by atoms with Crippen LogP contribution in [0.1, 0.15) is 45.2 Å². The van der Waals surface area contributed by atoms with E-state index in [9.17, 15) is 0 Å². The zero-order chi connectivity index (χ0) is 9.64. The van der Waals surface area contributed by atoms with E-state index in [2.05, 4.69) is 46.5 Å². The van der Waals surface area contributed by atoms with Crippen molar-refractivity contribution in [3.8, 4) is 0 Å². The van der Waals surface area contributed by atoms with Gasteiger partial charge in [0, 0.05) is 5.92 Å². The first-order chi connectivity index (χ1) is 6.00. The molecule has 0 aliphatic heterocycles. The van der Waals surface area contributed by atoms with E-state index < -0.39 is 0 Å². The van der Waals surface area contributed by atoms with Gasteiger partial charge >= 0.3 is 0 Å². The van der Waals surface area contributed by atoms with E-state index in [1.165, 1.54) is 23.0 Å². The molecular formula is C10H15BrN2. The average molecular weight is 243 g/mol.